The SMILES string of the molecule is CCCCCCCCCCCCS(=O)(=O)Nc1ccccc1-c1ccc2cc(-c3ccccc3C)ccc2c1. The number of fused-ring (bicyclic) bond motifs is 1. The lowest BCUT2D eigenvalue weighted by atomic mass is 9.95. The van der Waals surface area contributed by atoms with Gasteiger partial charge >= 0.3 is 0 Å². The van der Waals surface area contributed by atoms with Crippen molar-refractivity contribution in [2.75, 3.05) is 10.5 Å². The molecule has 1 N–H and O–H groups in total. The normalized spacial score (nSPS) is 11.6. The quantitative estimate of drug-likeness (QED) is 0.152. The van der Waals surface area contributed by atoms with E-state index in [0.29, 0.717) is 12.1 Å². The Morgan fingerprint density at radius 1 is 0.590 bits per heavy atom. The highest BCUT2D eigenvalue weighted by atomic mass is 32.2. The maximum Gasteiger partial charge on any atom is 0.232 e. The van der Waals surface area contributed by atoms with Gasteiger partial charge in [-0.05, 0) is 64.6 Å². The van der Waals surface area contributed by atoms with Crippen molar-refractivity contribution in [1.29, 1.82) is 0 Å². The molecule has 0 saturated carbocycles. The summed E-state index contributed by atoms with van der Waals surface area (Å²) in [6.07, 6.45) is 11.8. The van der Waals surface area contributed by atoms with E-state index in [0.717, 1.165) is 29.4 Å². The first-order chi connectivity index (χ1) is 19.0. The number of rotatable bonds is 15. The Hall–Kier alpha value is -3.11. The fourth-order valence-electron chi connectivity index (χ4n) is 5.30. The Labute approximate surface area is 235 Å². The molecule has 0 aromatic heterocycles. The summed E-state index contributed by atoms with van der Waals surface area (Å²) in [6.45, 7) is 4.38. The predicted molar refractivity (Wildman–Crippen MR) is 169 cm³/mol. The molecule has 0 aliphatic carbocycles. The van der Waals surface area contributed by atoms with Crippen molar-refractivity contribution in [2.24, 2.45) is 0 Å². The van der Waals surface area contributed by atoms with E-state index in [9.17, 15) is 8.42 Å². The van der Waals surface area contributed by atoms with Gasteiger partial charge in [-0.15, -0.1) is 0 Å². The number of para-hydroxylation sites is 1. The van der Waals surface area contributed by atoms with Crippen LogP contribution in [0.5, 0.6) is 0 Å². The summed E-state index contributed by atoms with van der Waals surface area (Å²) in [7, 11) is -3.41. The highest BCUT2D eigenvalue weighted by Gasteiger charge is 2.14. The largest absolute Gasteiger partial charge is 0.283 e. The van der Waals surface area contributed by atoms with Crippen LogP contribution >= 0.6 is 0 Å². The van der Waals surface area contributed by atoms with Crippen LogP contribution in [0.3, 0.4) is 0 Å². The molecule has 206 valence electrons. The van der Waals surface area contributed by atoms with Gasteiger partial charge in [0.15, 0.2) is 0 Å². The smallest absolute Gasteiger partial charge is 0.232 e. The van der Waals surface area contributed by atoms with Gasteiger partial charge in [-0.25, -0.2) is 8.42 Å². The summed E-state index contributed by atoms with van der Waals surface area (Å²) in [5.74, 6) is 0.164. The first-order valence-corrected chi connectivity index (χ1v) is 16.3. The number of hydrogen-bond donors (Lipinski definition) is 1. The van der Waals surface area contributed by atoms with Gasteiger partial charge in [-0.2, -0.15) is 0 Å². The number of unbranched alkanes of at least 4 members (excludes halogenated alkanes) is 9. The monoisotopic (exact) mass is 541 g/mol. The number of aryl methyl sites for hydroxylation is 1. The number of nitrogens with one attached hydrogen (secondary N) is 1. The number of benzene rings is 4. The summed E-state index contributed by atoms with van der Waals surface area (Å²) < 4.78 is 28.7. The van der Waals surface area contributed by atoms with E-state index in [1.165, 1.54) is 67.0 Å². The highest BCUT2D eigenvalue weighted by molar-refractivity contribution is 7.92. The lowest BCUT2D eigenvalue weighted by molar-refractivity contribution is 0.558. The fourth-order valence-corrected chi connectivity index (χ4v) is 6.50. The predicted octanol–water partition coefficient (Wildman–Crippen LogP) is 10.1. The van der Waals surface area contributed by atoms with E-state index >= 15 is 0 Å². The Morgan fingerprint density at radius 3 is 1.72 bits per heavy atom. The average molecular weight is 542 g/mol. The molecule has 0 amide bonds. The lowest BCUT2D eigenvalue weighted by Gasteiger charge is -2.14. The van der Waals surface area contributed by atoms with Gasteiger partial charge in [0.1, 0.15) is 0 Å². The molecule has 0 spiro atoms. The molecule has 0 saturated heterocycles. The van der Waals surface area contributed by atoms with Crippen LogP contribution in [0.15, 0.2) is 84.9 Å². The van der Waals surface area contributed by atoms with Crippen LogP contribution in [0.2, 0.25) is 0 Å². The van der Waals surface area contributed by atoms with Gasteiger partial charge in [0.05, 0.1) is 11.4 Å². The summed E-state index contributed by atoms with van der Waals surface area (Å²) in [4.78, 5) is 0. The van der Waals surface area contributed by atoms with Crippen LogP contribution in [0.25, 0.3) is 33.0 Å². The highest BCUT2D eigenvalue weighted by Crippen LogP contribution is 2.33. The van der Waals surface area contributed by atoms with E-state index in [1.54, 1.807) is 0 Å². The molecule has 4 rings (SSSR count). The molecule has 0 heterocycles. The molecule has 3 nitrogen and oxygen atoms in total. The van der Waals surface area contributed by atoms with Crippen LogP contribution in [0.1, 0.15) is 76.7 Å². The topological polar surface area (TPSA) is 46.2 Å². The average Bonchev–Trinajstić information content (AvgIpc) is 2.94. The molecule has 39 heavy (non-hydrogen) atoms. The molecule has 4 heteroatoms. The second-order valence-electron chi connectivity index (χ2n) is 10.7. The zero-order valence-electron chi connectivity index (χ0n) is 23.6. The minimum Gasteiger partial charge on any atom is -0.283 e. The second-order valence-corrected chi connectivity index (χ2v) is 12.6. The van der Waals surface area contributed by atoms with Crippen molar-refractivity contribution in [3.8, 4) is 22.3 Å². The van der Waals surface area contributed by atoms with Gasteiger partial charge in [0.25, 0.3) is 0 Å². The zero-order chi connectivity index (χ0) is 27.5. The third kappa shape index (κ3) is 8.44. The Balaban J connectivity index is 1.37. The molecule has 0 aliphatic heterocycles. The maximum absolute atomic E-state index is 12.9. The molecule has 0 bridgehead atoms. The molecular formula is C35H43NO2S. The van der Waals surface area contributed by atoms with Gasteiger partial charge in [-0.1, -0.05) is 131 Å². The number of sulfonamides is 1. The van der Waals surface area contributed by atoms with Crippen LogP contribution in [-0.2, 0) is 10.0 Å². The van der Waals surface area contributed by atoms with E-state index in [-0.39, 0.29) is 5.75 Å². The number of hydrogen-bond acceptors (Lipinski definition) is 2. The van der Waals surface area contributed by atoms with Crippen LogP contribution in [-0.4, -0.2) is 14.2 Å². The van der Waals surface area contributed by atoms with Gasteiger partial charge < -0.3 is 0 Å². The molecule has 4 aromatic carbocycles. The van der Waals surface area contributed by atoms with Crippen molar-refractivity contribution in [1.82, 2.24) is 0 Å². The lowest BCUT2D eigenvalue weighted by Crippen LogP contribution is -2.17. The van der Waals surface area contributed by atoms with Crippen molar-refractivity contribution < 1.29 is 8.42 Å². The Morgan fingerprint density at radius 2 is 1.10 bits per heavy atom. The summed E-state index contributed by atoms with van der Waals surface area (Å²) in [6, 6.07) is 29.0. The van der Waals surface area contributed by atoms with E-state index in [1.807, 2.05) is 24.3 Å². The molecule has 0 aliphatic rings. The summed E-state index contributed by atoms with van der Waals surface area (Å²) in [5, 5.41) is 2.30. The van der Waals surface area contributed by atoms with Gasteiger partial charge in [0, 0.05) is 5.56 Å². The van der Waals surface area contributed by atoms with Crippen LogP contribution in [0, 0.1) is 6.92 Å². The number of anilines is 1. The maximum atomic E-state index is 12.9. The van der Waals surface area contributed by atoms with Gasteiger partial charge in [-0.3, -0.25) is 4.72 Å². The van der Waals surface area contributed by atoms with Crippen LogP contribution < -0.4 is 4.72 Å². The second kappa shape index (κ2) is 14.3. The van der Waals surface area contributed by atoms with Crippen molar-refractivity contribution in [3.05, 3.63) is 90.5 Å². The minimum atomic E-state index is -3.41. The summed E-state index contributed by atoms with van der Waals surface area (Å²) in [5.41, 5.74) is 6.24. The van der Waals surface area contributed by atoms with E-state index in [2.05, 4.69) is 79.2 Å². The Kier molecular flexibility index (Phi) is 10.6. The van der Waals surface area contributed by atoms with Crippen molar-refractivity contribution >= 4 is 26.5 Å². The van der Waals surface area contributed by atoms with Crippen LogP contribution in [0.4, 0.5) is 5.69 Å². The van der Waals surface area contributed by atoms with Crippen molar-refractivity contribution in [2.45, 2.75) is 78.1 Å². The molecule has 0 unspecified atom stereocenters. The molecule has 0 radical (unpaired) electrons. The fraction of sp³-hybridized carbons (Fsp3) is 0.371. The third-order valence-electron chi connectivity index (χ3n) is 7.57. The Bertz CT molecular complexity index is 1460. The third-order valence-corrected chi connectivity index (χ3v) is 8.92. The van der Waals surface area contributed by atoms with Crippen molar-refractivity contribution in [3.63, 3.8) is 0 Å². The van der Waals surface area contributed by atoms with E-state index in [4.69, 9.17) is 0 Å². The first kappa shape index (κ1) is 28.9. The minimum absolute atomic E-state index is 0.164. The standard InChI is InChI=1S/C35H43NO2S/c1-3-4-5-6-7-8-9-10-11-16-25-39(37,38)36-35-20-15-14-19-34(35)32-24-22-29-26-31(23-21-30(29)27-32)33-18-13-12-17-28(33)2/h12-15,17-24,26-27,36H,3-11,16,25H2,1-2H3. The molecule has 4 aromatic rings. The van der Waals surface area contributed by atoms with Gasteiger partial charge in [0.2, 0.25) is 10.0 Å². The zero-order valence-corrected chi connectivity index (χ0v) is 24.4. The van der Waals surface area contributed by atoms with E-state index < -0.39 is 10.0 Å². The molecular weight excluding hydrogens is 498 g/mol. The summed E-state index contributed by atoms with van der Waals surface area (Å²) >= 11 is 0. The molecule has 0 fully saturated rings. The molecule has 0 atom stereocenters. The first-order valence-electron chi connectivity index (χ1n) is 14.7.